The number of benzene rings is 1. The molecule has 0 bridgehead atoms. The summed E-state index contributed by atoms with van der Waals surface area (Å²) < 4.78 is 1.70. The van der Waals surface area contributed by atoms with Crippen molar-refractivity contribution in [3.63, 3.8) is 0 Å². The Balaban J connectivity index is 0.798. The zero-order valence-corrected chi connectivity index (χ0v) is 36.0. The summed E-state index contributed by atoms with van der Waals surface area (Å²) in [5, 5.41) is 13.2. The fraction of sp³-hybridized carbons (Fsp3) is 0.432. The number of nitrogens with zero attached hydrogens (tertiary/aromatic N) is 7. The number of carbonyl (C=O) groups is 4. The zero-order chi connectivity index (χ0) is 43.0. The molecule has 3 amide bonds. The molecule has 1 aromatic carbocycles. The monoisotopic (exact) mass is 847 g/mol. The third kappa shape index (κ3) is 10.5. The second-order valence-corrected chi connectivity index (χ2v) is 17.1. The minimum absolute atomic E-state index is 0.000599. The molecule has 1 saturated carbocycles. The number of nitrogens with one attached hydrogen (secondary N) is 4. The van der Waals surface area contributed by atoms with E-state index in [-0.39, 0.29) is 40.7 Å². The van der Waals surface area contributed by atoms with E-state index in [0.29, 0.717) is 69.8 Å². The first kappa shape index (κ1) is 43.0. The molecular formula is C44H53N11O5S. The summed E-state index contributed by atoms with van der Waals surface area (Å²) in [7, 11) is 0. The molecule has 17 heteroatoms. The van der Waals surface area contributed by atoms with Crippen LogP contribution in [0.25, 0.3) is 11.0 Å². The second kappa shape index (κ2) is 19.5. The van der Waals surface area contributed by atoms with Gasteiger partial charge in [-0.1, -0.05) is 12.8 Å². The standard InChI is InChI=1S/C44H53N11O5S/c1-27-22-31(12-14-34(27)41(59)52-44-49-23-28(2)61-44)40(58)46-17-9-5-8-16-45-37(57)26-53-18-20-54(21-19-53)33-13-15-36(47-24-33)50-43-48-25-35-29(3)38(30(4)56)42(60)55(39(35)51-43)32-10-6-7-11-32/h12-15,22-25,32H,5-11,16-21,26H2,1-4H3,(H,45,57)(H,46,58)(H,49,52,59)(H,47,48,50,51). The van der Waals surface area contributed by atoms with Crippen LogP contribution in [-0.4, -0.2) is 98.7 Å². The first-order chi connectivity index (χ1) is 29.4. The van der Waals surface area contributed by atoms with Gasteiger partial charge in [0.15, 0.2) is 10.9 Å². The molecule has 0 spiro atoms. The number of unbranched alkanes of at least 4 members (excludes halogenated alkanes) is 2. The van der Waals surface area contributed by atoms with Crippen molar-refractivity contribution in [1.82, 2.24) is 40.0 Å². The summed E-state index contributed by atoms with van der Waals surface area (Å²) in [6.45, 7) is 11.4. The van der Waals surface area contributed by atoms with Crippen LogP contribution in [0.3, 0.4) is 0 Å². The molecule has 1 aliphatic carbocycles. The van der Waals surface area contributed by atoms with E-state index in [1.54, 1.807) is 55.2 Å². The van der Waals surface area contributed by atoms with Gasteiger partial charge < -0.3 is 20.9 Å². The van der Waals surface area contributed by atoms with Gasteiger partial charge in [0.25, 0.3) is 17.4 Å². The number of pyridine rings is 2. The predicted molar refractivity (Wildman–Crippen MR) is 237 cm³/mol. The molecule has 4 aromatic heterocycles. The fourth-order valence-electron chi connectivity index (χ4n) is 8.09. The van der Waals surface area contributed by atoms with E-state index in [2.05, 4.69) is 46.0 Å². The van der Waals surface area contributed by atoms with Gasteiger partial charge in [0, 0.05) is 79.1 Å². The number of hydrogen-bond acceptors (Lipinski definition) is 13. The van der Waals surface area contributed by atoms with Crippen molar-refractivity contribution in [3.8, 4) is 0 Å². The third-order valence-corrected chi connectivity index (χ3v) is 12.2. The average molecular weight is 848 g/mol. The number of hydrogen-bond donors (Lipinski definition) is 4. The normalized spacial score (nSPS) is 14.6. The predicted octanol–water partition coefficient (Wildman–Crippen LogP) is 5.72. The average Bonchev–Trinajstić information content (AvgIpc) is 3.92. The van der Waals surface area contributed by atoms with Crippen LogP contribution in [0.1, 0.15) is 105 Å². The van der Waals surface area contributed by atoms with Crippen LogP contribution in [0.4, 0.5) is 22.6 Å². The number of rotatable bonds is 16. The number of amides is 3. The summed E-state index contributed by atoms with van der Waals surface area (Å²) in [6.07, 6.45) is 11.5. The fourth-order valence-corrected chi connectivity index (χ4v) is 8.75. The van der Waals surface area contributed by atoms with Crippen molar-refractivity contribution >= 4 is 68.5 Å². The van der Waals surface area contributed by atoms with Crippen LogP contribution in [0, 0.1) is 20.8 Å². The molecule has 320 valence electrons. The Morgan fingerprint density at radius 3 is 2.26 bits per heavy atom. The maximum atomic E-state index is 13.5. The van der Waals surface area contributed by atoms with Crippen molar-refractivity contribution in [2.75, 3.05) is 61.3 Å². The minimum Gasteiger partial charge on any atom is -0.368 e. The molecule has 7 rings (SSSR count). The molecular weight excluding hydrogens is 795 g/mol. The van der Waals surface area contributed by atoms with Gasteiger partial charge in [0.2, 0.25) is 11.9 Å². The maximum absolute atomic E-state index is 13.5. The van der Waals surface area contributed by atoms with E-state index in [1.807, 2.05) is 19.1 Å². The lowest BCUT2D eigenvalue weighted by molar-refractivity contribution is -0.122. The van der Waals surface area contributed by atoms with Crippen molar-refractivity contribution in [2.45, 2.75) is 78.7 Å². The molecule has 5 aromatic rings. The lowest BCUT2D eigenvalue weighted by Crippen LogP contribution is -2.49. The topological polar surface area (TPSA) is 196 Å². The molecule has 16 nitrogen and oxygen atoms in total. The van der Waals surface area contributed by atoms with Crippen molar-refractivity contribution in [1.29, 1.82) is 0 Å². The highest BCUT2D eigenvalue weighted by atomic mass is 32.1. The molecule has 0 radical (unpaired) electrons. The Kier molecular flexibility index (Phi) is 13.8. The Morgan fingerprint density at radius 1 is 0.836 bits per heavy atom. The molecule has 1 aliphatic heterocycles. The van der Waals surface area contributed by atoms with Crippen LogP contribution < -0.4 is 31.7 Å². The highest BCUT2D eigenvalue weighted by Crippen LogP contribution is 2.32. The van der Waals surface area contributed by atoms with E-state index in [0.717, 1.165) is 81.7 Å². The maximum Gasteiger partial charge on any atom is 0.263 e. The number of anilines is 4. The molecule has 2 fully saturated rings. The number of fused-ring (bicyclic) bond motifs is 1. The number of piperazine rings is 1. The molecule has 0 unspecified atom stereocenters. The summed E-state index contributed by atoms with van der Waals surface area (Å²) in [6, 6.07) is 8.90. The molecule has 5 heterocycles. The molecule has 61 heavy (non-hydrogen) atoms. The first-order valence-corrected chi connectivity index (χ1v) is 21.8. The van der Waals surface area contributed by atoms with Crippen molar-refractivity contribution in [2.24, 2.45) is 0 Å². The van der Waals surface area contributed by atoms with E-state index >= 15 is 0 Å². The lowest BCUT2D eigenvalue weighted by atomic mass is 10.0. The van der Waals surface area contributed by atoms with Gasteiger partial charge in [-0.2, -0.15) is 4.98 Å². The molecule has 4 N–H and O–H groups in total. The number of carbonyl (C=O) groups excluding carboxylic acids is 4. The van der Waals surface area contributed by atoms with E-state index in [9.17, 15) is 24.0 Å². The highest BCUT2D eigenvalue weighted by molar-refractivity contribution is 7.15. The van der Waals surface area contributed by atoms with Crippen molar-refractivity contribution < 1.29 is 19.2 Å². The van der Waals surface area contributed by atoms with E-state index < -0.39 is 0 Å². The smallest absolute Gasteiger partial charge is 0.263 e. The molecule has 2 aliphatic rings. The Bertz CT molecular complexity index is 2470. The van der Waals surface area contributed by atoms with Gasteiger partial charge in [-0.3, -0.25) is 38.8 Å². The van der Waals surface area contributed by atoms with Gasteiger partial charge >= 0.3 is 0 Å². The van der Waals surface area contributed by atoms with E-state index in [4.69, 9.17) is 4.98 Å². The molecule has 0 atom stereocenters. The quantitative estimate of drug-likeness (QED) is 0.0698. The highest BCUT2D eigenvalue weighted by Gasteiger charge is 2.26. The number of aromatic nitrogens is 5. The summed E-state index contributed by atoms with van der Waals surface area (Å²) in [5.74, 6) is 0.194. The molecule has 1 saturated heterocycles. The first-order valence-electron chi connectivity index (χ1n) is 21.0. The number of ketones is 1. The Labute approximate surface area is 358 Å². The van der Waals surface area contributed by atoms with Crippen molar-refractivity contribution in [3.05, 3.63) is 92.0 Å². The zero-order valence-electron chi connectivity index (χ0n) is 35.2. The largest absolute Gasteiger partial charge is 0.368 e. The van der Waals surface area contributed by atoms with Gasteiger partial charge in [0.05, 0.1) is 24.0 Å². The van der Waals surface area contributed by atoms with Crippen LogP contribution in [-0.2, 0) is 4.79 Å². The minimum atomic E-state index is -0.284. The van der Waals surface area contributed by atoms with Crippen LogP contribution in [0.2, 0.25) is 0 Å². The van der Waals surface area contributed by atoms with Gasteiger partial charge in [-0.15, -0.1) is 11.3 Å². The SMILES string of the molecule is CC(=O)c1c(C)c2cnc(Nc3ccc(N4CCN(CC(=O)NCCCCCNC(=O)c5ccc(C(=O)Nc6ncc(C)s6)c(C)c5)CC4)cn3)nc2n(C2CCCC2)c1=O. The van der Waals surface area contributed by atoms with Gasteiger partial charge in [0.1, 0.15) is 11.5 Å². The number of aryl methyl sites for hydroxylation is 3. The summed E-state index contributed by atoms with van der Waals surface area (Å²) >= 11 is 1.41. The lowest BCUT2D eigenvalue weighted by Gasteiger charge is -2.35. The van der Waals surface area contributed by atoms with Crippen LogP contribution in [0.5, 0.6) is 0 Å². The second-order valence-electron chi connectivity index (χ2n) is 15.8. The third-order valence-electron chi connectivity index (χ3n) is 11.4. The van der Waals surface area contributed by atoms with Crippen LogP contribution >= 0.6 is 11.3 Å². The number of Topliss-reactive ketones (excluding diaryl/α,β-unsaturated/α-hetero) is 1. The van der Waals surface area contributed by atoms with Gasteiger partial charge in [-0.05, 0) is 101 Å². The van der Waals surface area contributed by atoms with Gasteiger partial charge in [-0.25, -0.2) is 15.0 Å². The Morgan fingerprint density at radius 2 is 1.59 bits per heavy atom. The van der Waals surface area contributed by atoms with E-state index in [1.165, 1.54) is 18.3 Å². The summed E-state index contributed by atoms with van der Waals surface area (Å²) in [4.78, 5) is 87.5. The Hall–Kier alpha value is -6.07. The van der Waals surface area contributed by atoms with Crippen LogP contribution in [0.15, 0.2) is 53.7 Å². The summed E-state index contributed by atoms with van der Waals surface area (Å²) in [5.41, 5.74) is 3.73. The number of thiazole rings is 1.